The molecule has 2 rings (SSSR count). The topological polar surface area (TPSA) is 78.9 Å². The highest BCUT2D eigenvalue weighted by Crippen LogP contribution is 2.20. The monoisotopic (exact) mass is 278 g/mol. The van der Waals surface area contributed by atoms with E-state index >= 15 is 0 Å². The lowest BCUT2D eigenvalue weighted by Crippen LogP contribution is -2.65. The van der Waals surface area contributed by atoms with Gasteiger partial charge < -0.3 is 15.2 Å². The van der Waals surface area contributed by atoms with Crippen molar-refractivity contribution in [2.24, 2.45) is 0 Å². The molecule has 6 heteroatoms. The van der Waals surface area contributed by atoms with Crippen LogP contribution in [0.1, 0.15) is 12.5 Å². The molecule has 0 aromatic heterocycles. The fraction of sp³-hybridized carbons (Fsp3) is 0.429. The highest BCUT2D eigenvalue weighted by molar-refractivity contribution is 5.85. The number of hydrogen-bond donors (Lipinski definition) is 2. The van der Waals surface area contributed by atoms with Gasteiger partial charge >= 0.3 is 12.1 Å². The predicted molar refractivity (Wildman–Crippen MR) is 72.2 cm³/mol. The number of piperazine rings is 1. The van der Waals surface area contributed by atoms with E-state index in [1.807, 2.05) is 30.3 Å². The molecular weight excluding hydrogens is 260 g/mol. The van der Waals surface area contributed by atoms with Gasteiger partial charge in [-0.3, -0.25) is 4.90 Å². The first-order valence-electron chi connectivity index (χ1n) is 6.46. The highest BCUT2D eigenvalue weighted by atomic mass is 16.5. The van der Waals surface area contributed by atoms with Crippen LogP contribution in [0.2, 0.25) is 0 Å². The van der Waals surface area contributed by atoms with Crippen molar-refractivity contribution in [3.63, 3.8) is 0 Å². The number of amides is 1. The summed E-state index contributed by atoms with van der Waals surface area (Å²) in [6, 6.07) is 9.30. The summed E-state index contributed by atoms with van der Waals surface area (Å²) in [5.41, 5.74) is -0.311. The van der Waals surface area contributed by atoms with Crippen molar-refractivity contribution in [1.82, 2.24) is 10.2 Å². The van der Waals surface area contributed by atoms with E-state index in [0.29, 0.717) is 6.54 Å². The second-order valence-electron chi connectivity index (χ2n) is 4.95. The number of nitrogens with zero attached hydrogens (tertiary/aromatic N) is 1. The summed E-state index contributed by atoms with van der Waals surface area (Å²) in [6.07, 6.45) is -1.11. The van der Waals surface area contributed by atoms with Crippen LogP contribution in [-0.4, -0.2) is 47.2 Å². The van der Waals surface area contributed by atoms with Crippen LogP contribution in [0, 0.1) is 0 Å². The largest absolute Gasteiger partial charge is 0.465 e. The van der Waals surface area contributed by atoms with Crippen LogP contribution < -0.4 is 5.32 Å². The van der Waals surface area contributed by atoms with Crippen LogP contribution in [0.3, 0.4) is 0 Å². The van der Waals surface area contributed by atoms with E-state index < -0.39 is 17.6 Å². The van der Waals surface area contributed by atoms with E-state index in [1.54, 1.807) is 6.92 Å². The van der Waals surface area contributed by atoms with Crippen molar-refractivity contribution in [2.45, 2.75) is 19.1 Å². The highest BCUT2D eigenvalue weighted by Gasteiger charge is 2.45. The van der Waals surface area contributed by atoms with Gasteiger partial charge in [0.25, 0.3) is 0 Å². The van der Waals surface area contributed by atoms with Crippen molar-refractivity contribution in [3.05, 3.63) is 35.9 Å². The van der Waals surface area contributed by atoms with Crippen LogP contribution in [0.25, 0.3) is 0 Å². The first kappa shape index (κ1) is 14.3. The van der Waals surface area contributed by atoms with Crippen LogP contribution in [0.15, 0.2) is 30.3 Å². The molecular formula is C14H18N2O4. The number of carboxylic acid groups (broad SMARTS) is 1. The van der Waals surface area contributed by atoms with Crippen LogP contribution in [-0.2, 0) is 16.1 Å². The third-order valence-electron chi connectivity index (χ3n) is 3.46. The van der Waals surface area contributed by atoms with Gasteiger partial charge in [0, 0.05) is 19.6 Å². The Morgan fingerprint density at radius 3 is 2.75 bits per heavy atom. The zero-order chi connectivity index (χ0) is 14.6. The molecule has 1 amide bonds. The normalized spacial score (nSPS) is 22.4. The van der Waals surface area contributed by atoms with E-state index in [0.717, 1.165) is 10.5 Å². The Morgan fingerprint density at radius 1 is 1.40 bits per heavy atom. The minimum atomic E-state index is -1.18. The minimum Gasteiger partial charge on any atom is -0.465 e. The molecule has 1 unspecified atom stereocenters. The molecule has 0 bridgehead atoms. The van der Waals surface area contributed by atoms with Crippen molar-refractivity contribution in [3.8, 4) is 0 Å². The molecule has 0 radical (unpaired) electrons. The Kier molecular flexibility index (Phi) is 4.24. The van der Waals surface area contributed by atoms with Gasteiger partial charge in [0.1, 0.15) is 6.61 Å². The first-order valence-corrected chi connectivity index (χ1v) is 6.46. The molecule has 20 heavy (non-hydrogen) atoms. The average Bonchev–Trinajstić information content (AvgIpc) is 2.46. The van der Waals surface area contributed by atoms with E-state index in [4.69, 9.17) is 4.74 Å². The molecule has 6 nitrogen and oxygen atoms in total. The van der Waals surface area contributed by atoms with Gasteiger partial charge in [-0.25, -0.2) is 9.59 Å². The molecule has 1 aromatic carbocycles. The second-order valence-corrected chi connectivity index (χ2v) is 4.95. The summed E-state index contributed by atoms with van der Waals surface area (Å²) < 4.78 is 5.27. The lowest BCUT2D eigenvalue weighted by atomic mass is 9.98. The third kappa shape index (κ3) is 2.91. The van der Waals surface area contributed by atoms with Crippen LogP contribution >= 0.6 is 0 Å². The van der Waals surface area contributed by atoms with Gasteiger partial charge in [0.2, 0.25) is 0 Å². The summed E-state index contributed by atoms with van der Waals surface area (Å²) in [5, 5.41) is 12.2. The van der Waals surface area contributed by atoms with Crippen molar-refractivity contribution in [1.29, 1.82) is 0 Å². The summed E-state index contributed by atoms with van der Waals surface area (Å²) in [5.74, 6) is -0.532. The lowest BCUT2D eigenvalue weighted by Gasteiger charge is -2.41. The van der Waals surface area contributed by atoms with Crippen molar-refractivity contribution in [2.75, 3.05) is 19.6 Å². The van der Waals surface area contributed by atoms with E-state index in [2.05, 4.69) is 5.32 Å². The molecule has 1 atom stereocenters. The molecule has 1 heterocycles. The lowest BCUT2D eigenvalue weighted by molar-refractivity contribution is -0.158. The zero-order valence-corrected chi connectivity index (χ0v) is 11.3. The maximum absolute atomic E-state index is 12.2. The molecule has 108 valence electrons. The average molecular weight is 278 g/mol. The molecule has 1 fully saturated rings. The number of benzene rings is 1. The molecule has 1 aromatic rings. The van der Waals surface area contributed by atoms with Gasteiger partial charge in [0.05, 0.1) is 0 Å². The Bertz CT molecular complexity index is 491. The Balaban J connectivity index is 2.04. The smallest absolute Gasteiger partial charge is 0.408 e. The number of carbonyl (C=O) groups is 2. The summed E-state index contributed by atoms with van der Waals surface area (Å²) in [4.78, 5) is 24.6. The molecule has 2 N–H and O–H groups in total. The number of ether oxygens (including phenoxy) is 1. The molecule has 1 saturated heterocycles. The fourth-order valence-corrected chi connectivity index (χ4v) is 2.23. The van der Waals surface area contributed by atoms with Crippen molar-refractivity contribution < 1.29 is 19.4 Å². The molecule has 0 saturated carbocycles. The standard InChI is InChI=1S/C14H18N2O4/c1-14(10-15-7-8-16(14)13(18)19)12(17)20-9-11-5-3-2-4-6-11/h2-6,15H,7-10H2,1H3,(H,18,19). The predicted octanol–water partition coefficient (Wildman–Crippen LogP) is 1.07. The Morgan fingerprint density at radius 2 is 2.10 bits per heavy atom. The van der Waals surface area contributed by atoms with Gasteiger partial charge in [-0.1, -0.05) is 30.3 Å². The maximum Gasteiger partial charge on any atom is 0.408 e. The Labute approximate surface area is 117 Å². The zero-order valence-electron chi connectivity index (χ0n) is 11.3. The van der Waals surface area contributed by atoms with Gasteiger partial charge in [-0.2, -0.15) is 0 Å². The maximum atomic E-state index is 12.2. The van der Waals surface area contributed by atoms with Gasteiger partial charge in [-0.05, 0) is 12.5 Å². The Hall–Kier alpha value is -2.08. The van der Waals surface area contributed by atoms with E-state index in [1.165, 1.54) is 0 Å². The van der Waals surface area contributed by atoms with Crippen LogP contribution in [0.5, 0.6) is 0 Å². The molecule has 0 aliphatic carbocycles. The summed E-state index contributed by atoms with van der Waals surface area (Å²) in [7, 11) is 0. The minimum absolute atomic E-state index is 0.142. The number of esters is 1. The number of rotatable bonds is 3. The van der Waals surface area contributed by atoms with Crippen molar-refractivity contribution >= 4 is 12.1 Å². The van der Waals surface area contributed by atoms with E-state index in [9.17, 15) is 14.7 Å². The van der Waals surface area contributed by atoms with Crippen LogP contribution in [0.4, 0.5) is 4.79 Å². The molecule has 1 aliphatic rings. The number of hydrogen-bond acceptors (Lipinski definition) is 4. The summed E-state index contributed by atoms with van der Waals surface area (Å²) >= 11 is 0. The van der Waals surface area contributed by atoms with Gasteiger partial charge in [-0.15, -0.1) is 0 Å². The van der Waals surface area contributed by atoms with E-state index in [-0.39, 0.29) is 19.7 Å². The molecule has 0 spiro atoms. The fourth-order valence-electron chi connectivity index (χ4n) is 2.23. The number of carbonyl (C=O) groups excluding carboxylic acids is 1. The third-order valence-corrected chi connectivity index (χ3v) is 3.46. The number of nitrogens with one attached hydrogen (secondary N) is 1. The summed E-state index contributed by atoms with van der Waals surface area (Å²) in [6.45, 7) is 2.79. The second kappa shape index (κ2) is 5.92. The first-order chi connectivity index (χ1) is 9.54. The molecule has 1 aliphatic heterocycles. The quantitative estimate of drug-likeness (QED) is 0.809. The van der Waals surface area contributed by atoms with Gasteiger partial charge in [0.15, 0.2) is 5.54 Å². The SMILES string of the molecule is CC1(C(=O)OCc2ccccc2)CNCCN1C(=O)O.